The van der Waals surface area contributed by atoms with Crippen LogP contribution in [0.25, 0.3) is 5.70 Å². The molecule has 1 saturated carbocycles. The minimum Gasteiger partial charge on any atom is -0.384 e. The zero-order chi connectivity index (χ0) is 25.8. The SMILES string of the molecule is C=CC=N/C(=C\N(NCC/C(C)=C/NC1C=CC=CC1)/C(=C\C)C(C)CC)c1cncc(C2CC2)c1. The normalized spacial score (nSPS) is 19.6. The number of hydrogen-bond acceptors (Lipinski definition) is 5. The van der Waals surface area contributed by atoms with Crippen LogP contribution in [0, 0.1) is 5.92 Å². The van der Waals surface area contributed by atoms with Crippen LogP contribution in [0.15, 0.2) is 90.2 Å². The Labute approximate surface area is 218 Å². The van der Waals surface area contributed by atoms with E-state index in [0.717, 1.165) is 37.1 Å². The molecule has 192 valence electrons. The average molecular weight is 486 g/mol. The Kier molecular flexibility index (Phi) is 11.0. The molecule has 5 heteroatoms. The highest BCUT2D eigenvalue weighted by Gasteiger charge is 2.24. The number of hydrogen-bond donors (Lipinski definition) is 2. The van der Waals surface area contributed by atoms with Gasteiger partial charge in [0.1, 0.15) is 0 Å². The van der Waals surface area contributed by atoms with Gasteiger partial charge in [-0.05, 0) is 75.6 Å². The lowest BCUT2D eigenvalue weighted by Crippen LogP contribution is -2.36. The Balaban J connectivity index is 1.78. The first-order chi connectivity index (χ1) is 17.5. The van der Waals surface area contributed by atoms with Crippen molar-refractivity contribution >= 4 is 11.9 Å². The molecular weight excluding hydrogens is 442 g/mol. The van der Waals surface area contributed by atoms with Gasteiger partial charge in [-0.3, -0.25) is 15.0 Å². The van der Waals surface area contributed by atoms with Gasteiger partial charge in [0.15, 0.2) is 0 Å². The quantitative estimate of drug-likeness (QED) is 0.219. The van der Waals surface area contributed by atoms with E-state index in [1.54, 1.807) is 12.3 Å². The molecule has 1 fully saturated rings. The predicted molar refractivity (Wildman–Crippen MR) is 154 cm³/mol. The summed E-state index contributed by atoms with van der Waals surface area (Å²) in [6.45, 7) is 13.4. The summed E-state index contributed by atoms with van der Waals surface area (Å²) in [5, 5.41) is 5.67. The fourth-order valence-corrected chi connectivity index (χ4v) is 4.16. The van der Waals surface area contributed by atoms with E-state index in [2.05, 4.69) is 104 Å². The Hall–Kier alpha value is -3.18. The summed E-state index contributed by atoms with van der Waals surface area (Å²) in [6, 6.07) is 2.61. The van der Waals surface area contributed by atoms with Crippen LogP contribution in [0.4, 0.5) is 0 Å². The summed E-state index contributed by atoms with van der Waals surface area (Å²) in [6.07, 6.45) is 27.9. The number of nitrogens with zero attached hydrogens (tertiary/aromatic N) is 3. The minimum absolute atomic E-state index is 0.377. The third-order valence-corrected chi connectivity index (χ3v) is 6.69. The van der Waals surface area contributed by atoms with Crippen molar-refractivity contribution in [2.75, 3.05) is 6.54 Å². The topological polar surface area (TPSA) is 52.5 Å². The van der Waals surface area contributed by atoms with Gasteiger partial charge in [0, 0.05) is 48.7 Å². The molecule has 0 spiro atoms. The Bertz CT molecular complexity index is 1040. The molecule has 5 nitrogen and oxygen atoms in total. The Morgan fingerprint density at radius 2 is 2.14 bits per heavy atom. The lowest BCUT2D eigenvalue weighted by molar-refractivity contribution is 0.301. The number of allylic oxidation sites excluding steroid dienone is 5. The van der Waals surface area contributed by atoms with Crippen molar-refractivity contribution in [2.24, 2.45) is 10.9 Å². The monoisotopic (exact) mass is 485 g/mol. The molecule has 2 unspecified atom stereocenters. The maximum atomic E-state index is 4.74. The van der Waals surface area contributed by atoms with Crippen molar-refractivity contribution in [1.82, 2.24) is 20.7 Å². The molecule has 1 aromatic rings. The predicted octanol–water partition coefficient (Wildman–Crippen LogP) is 7.04. The number of pyridine rings is 1. The summed E-state index contributed by atoms with van der Waals surface area (Å²) < 4.78 is 0. The van der Waals surface area contributed by atoms with Gasteiger partial charge in [-0.2, -0.15) is 0 Å². The molecule has 0 amide bonds. The maximum Gasteiger partial charge on any atom is 0.0895 e. The standard InChI is InChI=1S/C31H43N5/c1-6-17-33-30(28-19-27(21-32-22-28)26-14-15-26)23-36(31(8-3)25(5)7-2)35-18-16-24(4)20-34-29-12-10-9-11-13-29/h6,8-12,17,19-23,25-26,29,34-35H,1,7,13-16,18H2,2-5H3/b24-20+,30-23-,31-8-,33-17?. The molecule has 0 aliphatic heterocycles. The number of nitrogens with one attached hydrogen (secondary N) is 2. The zero-order valence-electron chi connectivity index (χ0n) is 22.5. The van der Waals surface area contributed by atoms with Gasteiger partial charge in [-0.25, -0.2) is 5.43 Å². The van der Waals surface area contributed by atoms with Gasteiger partial charge in [-0.15, -0.1) is 0 Å². The molecule has 0 saturated heterocycles. The summed E-state index contributed by atoms with van der Waals surface area (Å²) in [5.74, 6) is 1.05. The van der Waals surface area contributed by atoms with Crippen molar-refractivity contribution in [1.29, 1.82) is 0 Å². The van der Waals surface area contributed by atoms with Gasteiger partial charge >= 0.3 is 0 Å². The molecule has 0 bridgehead atoms. The fraction of sp³-hybridized carbons (Fsp3) is 0.419. The lowest BCUT2D eigenvalue weighted by Gasteiger charge is -2.29. The van der Waals surface area contributed by atoms with Crippen molar-refractivity contribution in [2.45, 2.75) is 71.8 Å². The van der Waals surface area contributed by atoms with Gasteiger partial charge in [-0.1, -0.05) is 62.5 Å². The summed E-state index contributed by atoms with van der Waals surface area (Å²) in [7, 11) is 0. The van der Waals surface area contributed by atoms with E-state index < -0.39 is 0 Å². The van der Waals surface area contributed by atoms with Crippen LogP contribution in [0.1, 0.15) is 76.8 Å². The van der Waals surface area contributed by atoms with Gasteiger partial charge in [0.2, 0.25) is 0 Å². The van der Waals surface area contributed by atoms with E-state index in [-0.39, 0.29) is 0 Å². The van der Waals surface area contributed by atoms with E-state index in [4.69, 9.17) is 4.99 Å². The number of hydrazine groups is 1. The summed E-state index contributed by atoms with van der Waals surface area (Å²) in [5.41, 5.74) is 9.39. The molecule has 0 radical (unpaired) electrons. The van der Waals surface area contributed by atoms with Crippen LogP contribution < -0.4 is 10.7 Å². The summed E-state index contributed by atoms with van der Waals surface area (Å²) in [4.78, 5) is 9.26. The molecule has 1 aromatic heterocycles. The Morgan fingerprint density at radius 1 is 1.31 bits per heavy atom. The highest BCUT2D eigenvalue weighted by atomic mass is 15.5. The van der Waals surface area contributed by atoms with E-state index >= 15 is 0 Å². The van der Waals surface area contributed by atoms with Gasteiger partial charge in [0.25, 0.3) is 0 Å². The average Bonchev–Trinajstić information content (AvgIpc) is 3.76. The first kappa shape index (κ1) is 27.4. The van der Waals surface area contributed by atoms with E-state index in [1.165, 1.54) is 29.7 Å². The first-order valence-electron chi connectivity index (χ1n) is 13.3. The third kappa shape index (κ3) is 8.49. The fourth-order valence-electron chi connectivity index (χ4n) is 4.16. The van der Waals surface area contributed by atoms with Crippen molar-refractivity contribution in [3.8, 4) is 0 Å². The highest BCUT2D eigenvalue weighted by Crippen LogP contribution is 2.40. The molecule has 2 atom stereocenters. The van der Waals surface area contributed by atoms with Crippen LogP contribution in [0.3, 0.4) is 0 Å². The second kappa shape index (κ2) is 14.4. The van der Waals surface area contributed by atoms with Crippen LogP contribution in [-0.2, 0) is 0 Å². The van der Waals surface area contributed by atoms with E-state index in [0.29, 0.717) is 17.9 Å². The van der Waals surface area contributed by atoms with Crippen LogP contribution >= 0.6 is 0 Å². The first-order valence-corrected chi connectivity index (χ1v) is 13.3. The van der Waals surface area contributed by atoms with E-state index in [1.807, 2.05) is 12.4 Å². The highest BCUT2D eigenvalue weighted by molar-refractivity contribution is 5.79. The second-order valence-corrected chi connectivity index (χ2v) is 9.67. The van der Waals surface area contributed by atoms with Crippen molar-refractivity contribution in [3.05, 3.63) is 96.3 Å². The molecule has 2 aliphatic carbocycles. The van der Waals surface area contributed by atoms with Crippen LogP contribution in [0.2, 0.25) is 0 Å². The van der Waals surface area contributed by atoms with Crippen LogP contribution in [0.5, 0.6) is 0 Å². The van der Waals surface area contributed by atoms with E-state index in [9.17, 15) is 0 Å². The third-order valence-electron chi connectivity index (χ3n) is 6.69. The number of aliphatic imine (C=N–C) groups is 1. The number of aromatic nitrogens is 1. The van der Waals surface area contributed by atoms with Gasteiger partial charge < -0.3 is 5.32 Å². The Morgan fingerprint density at radius 3 is 2.81 bits per heavy atom. The smallest absolute Gasteiger partial charge is 0.0895 e. The molecule has 36 heavy (non-hydrogen) atoms. The molecule has 1 heterocycles. The van der Waals surface area contributed by atoms with Crippen molar-refractivity contribution in [3.63, 3.8) is 0 Å². The maximum absolute atomic E-state index is 4.74. The molecule has 2 aliphatic rings. The van der Waals surface area contributed by atoms with Crippen LogP contribution in [-0.4, -0.2) is 28.8 Å². The summed E-state index contributed by atoms with van der Waals surface area (Å²) >= 11 is 0. The molecule has 3 rings (SSSR count). The number of rotatable bonds is 14. The lowest BCUT2D eigenvalue weighted by atomic mass is 10.0. The molecule has 2 N–H and O–H groups in total. The second-order valence-electron chi connectivity index (χ2n) is 9.67. The molecular formula is C31H43N5. The zero-order valence-corrected chi connectivity index (χ0v) is 22.5. The largest absolute Gasteiger partial charge is 0.384 e. The molecule has 0 aromatic carbocycles. The van der Waals surface area contributed by atoms with Gasteiger partial charge in [0.05, 0.1) is 5.70 Å². The minimum atomic E-state index is 0.377. The van der Waals surface area contributed by atoms with Crippen molar-refractivity contribution < 1.29 is 0 Å².